The minimum absolute atomic E-state index is 0.219. The summed E-state index contributed by atoms with van der Waals surface area (Å²) in [6.45, 7) is 0. The van der Waals surface area contributed by atoms with Crippen molar-refractivity contribution in [3.63, 3.8) is 0 Å². The number of rotatable bonds is 1. The van der Waals surface area contributed by atoms with E-state index in [9.17, 15) is 4.79 Å². The number of benzene rings is 1. The van der Waals surface area contributed by atoms with E-state index in [-0.39, 0.29) is 5.56 Å². The highest BCUT2D eigenvalue weighted by atomic mass is 79.9. The molecule has 0 aliphatic heterocycles. The largest absolute Gasteiger partial charge is 0.497 e. The van der Waals surface area contributed by atoms with E-state index in [1.807, 2.05) is 0 Å². The van der Waals surface area contributed by atoms with Gasteiger partial charge in [-0.2, -0.15) is 0 Å². The molecule has 0 aliphatic carbocycles. The van der Waals surface area contributed by atoms with Gasteiger partial charge >= 0.3 is 0 Å². The van der Waals surface area contributed by atoms with Gasteiger partial charge in [-0.25, -0.2) is 0 Å². The molecule has 78 valence electrons. The number of halogens is 1. The Hall–Kier alpha value is -1.14. The molecule has 0 saturated heterocycles. The molecule has 0 atom stereocenters. The number of nitrogens with one attached hydrogen (secondary N) is 2. The zero-order valence-corrected chi connectivity index (χ0v) is 10.2. The predicted molar refractivity (Wildman–Crippen MR) is 64.0 cm³/mol. The van der Waals surface area contributed by atoms with Crippen molar-refractivity contribution in [3.05, 3.63) is 31.7 Å². The number of ether oxygens (including phenoxy) is 1. The fraction of sp³-hybridized carbons (Fsp3) is 0.111. The fourth-order valence-corrected chi connectivity index (χ4v) is 2.17. The van der Waals surface area contributed by atoms with Crippen molar-refractivity contribution in [1.82, 2.24) is 9.97 Å². The maximum atomic E-state index is 11.6. The van der Waals surface area contributed by atoms with Gasteiger partial charge in [0.25, 0.3) is 5.56 Å². The molecule has 0 bridgehead atoms. The molecule has 2 aromatic rings. The predicted octanol–water partition coefficient (Wildman–Crippen LogP) is 2.36. The van der Waals surface area contributed by atoms with Crippen LogP contribution in [0.5, 0.6) is 5.75 Å². The van der Waals surface area contributed by atoms with E-state index in [0.717, 1.165) is 0 Å². The number of methoxy groups -OCH3 is 1. The van der Waals surface area contributed by atoms with E-state index in [4.69, 9.17) is 17.0 Å². The molecule has 0 spiro atoms. The number of aromatic nitrogens is 2. The third kappa shape index (κ3) is 1.82. The Morgan fingerprint density at radius 2 is 2.13 bits per heavy atom. The van der Waals surface area contributed by atoms with Crippen molar-refractivity contribution in [3.8, 4) is 5.75 Å². The Morgan fingerprint density at radius 3 is 2.80 bits per heavy atom. The molecular formula is C9H7BrN2O2S. The van der Waals surface area contributed by atoms with Crippen molar-refractivity contribution in [1.29, 1.82) is 0 Å². The molecule has 0 radical (unpaired) electrons. The number of hydrogen-bond acceptors (Lipinski definition) is 3. The topological polar surface area (TPSA) is 57.9 Å². The van der Waals surface area contributed by atoms with Crippen molar-refractivity contribution in [2.75, 3.05) is 7.11 Å². The Morgan fingerprint density at radius 1 is 1.40 bits per heavy atom. The summed E-state index contributed by atoms with van der Waals surface area (Å²) in [4.78, 5) is 17.0. The summed E-state index contributed by atoms with van der Waals surface area (Å²) in [5.74, 6) is 0.658. The fourth-order valence-electron chi connectivity index (χ4n) is 1.35. The van der Waals surface area contributed by atoms with Crippen LogP contribution in [0.15, 0.2) is 21.4 Å². The van der Waals surface area contributed by atoms with Crippen molar-refractivity contribution in [2.45, 2.75) is 0 Å². The molecule has 6 heteroatoms. The highest BCUT2D eigenvalue weighted by Gasteiger charge is 2.06. The van der Waals surface area contributed by atoms with E-state index < -0.39 is 0 Å². The highest BCUT2D eigenvalue weighted by molar-refractivity contribution is 9.10. The summed E-state index contributed by atoms with van der Waals surface area (Å²) in [5, 5.41) is 0.532. The summed E-state index contributed by atoms with van der Waals surface area (Å²) in [6.07, 6.45) is 0. The van der Waals surface area contributed by atoms with Gasteiger partial charge in [-0.15, -0.1) is 0 Å². The van der Waals surface area contributed by atoms with Gasteiger partial charge in [-0.1, -0.05) is 0 Å². The summed E-state index contributed by atoms with van der Waals surface area (Å²) >= 11 is 8.19. The maximum absolute atomic E-state index is 11.6. The lowest BCUT2D eigenvalue weighted by Crippen LogP contribution is -2.08. The first-order chi connectivity index (χ1) is 7.11. The van der Waals surface area contributed by atoms with Gasteiger partial charge in [0.1, 0.15) is 5.75 Å². The molecule has 2 rings (SSSR count). The minimum atomic E-state index is -0.219. The van der Waals surface area contributed by atoms with E-state index in [0.29, 0.717) is 25.9 Å². The number of H-pyrrole nitrogens is 2. The molecule has 0 aliphatic rings. The Balaban J connectivity index is 2.98. The first-order valence-electron chi connectivity index (χ1n) is 4.11. The van der Waals surface area contributed by atoms with Crippen LogP contribution in [0.2, 0.25) is 0 Å². The van der Waals surface area contributed by atoms with Crippen LogP contribution in [-0.2, 0) is 0 Å². The number of aromatic amines is 2. The van der Waals surface area contributed by atoms with Crippen molar-refractivity contribution >= 4 is 39.1 Å². The van der Waals surface area contributed by atoms with Crippen LogP contribution in [0.25, 0.3) is 10.9 Å². The monoisotopic (exact) mass is 286 g/mol. The van der Waals surface area contributed by atoms with Gasteiger partial charge in [0.15, 0.2) is 4.77 Å². The smallest absolute Gasteiger partial charge is 0.260 e. The second-order valence-corrected chi connectivity index (χ2v) is 4.20. The SMILES string of the molecule is COc1cc(Br)c2c(=O)[nH]c(=S)[nH]c2c1. The molecule has 0 fully saturated rings. The van der Waals surface area contributed by atoms with Gasteiger partial charge in [-0.05, 0) is 34.2 Å². The average Bonchev–Trinajstić information content (AvgIpc) is 2.15. The Bertz CT molecular complexity index is 632. The second-order valence-electron chi connectivity index (χ2n) is 2.94. The van der Waals surface area contributed by atoms with Crippen LogP contribution in [0, 0.1) is 4.77 Å². The van der Waals surface area contributed by atoms with Crippen LogP contribution in [-0.4, -0.2) is 17.1 Å². The van der Waals surface area contributed by atoms with Crippen LogP contribution >= 0.6 is 28.1 Å². The molecule has 1 aromatic carbocycles. The second kappa shape index (κ2) is 3.79. The summed E-state index contributed by atoms with van der Waals surface area (Å²) in [7, 11) is 1.56. The molecular weight excluding hydrogens is 280 g/mol. The first-order valence-corrected chi connectivity index (χ1v) is 5.32. The maximum Gasteiger partial charge on any atom is 0.260 e. The van der Waals surface area contributed by atoms with Gasteiger partial charge in [0, 0.05) is 10.5 Å². The lowest BCUT2D eigenvalue weighted by molar-refractivity contribution is 0.415. The Kier molecular flexibility index (Phi) is 2.62. The van der Waals surface area contributed by atoms with Gasteiger partial charge in [-0.3, -0.25) is 9.78 Å². The summed E-state index contributed by atoms with van der Waals surface area (Å²) in [5.41, 5.74) is 0.429. The van der Waals surface area contributed by atoms with Gasteiger partial charge < -0.3 is 9.72 Å². The molecule has 15 heavy (non-hydrogen) atoms. The van der Waals surface area contributed by atoms with Gasteiger partial charge in [0.05, 0.1) is 18.0 Å². The zero-order valence-electron chi connectivity index (χ0n) is 7.76. The zero-order chi connectivity index (χ0) is 11.0. The van der Waals surface area contributed by atoms with E-state index >= 15 is 0 Å². The van der Waals surface area contributed by atoms with Crippen LogP contribution < -0.4 is 10.3 Å². The van der Waals surface area contributed by atoms with Crippen LogP contribution in [0.4, 0.5) is 0 Å². The standard InChI is InChI=1S/C9H7BrN2O2S/c1-14-4-2-5(10)7-6(3-4)11-9(15)12-8(7)13/h2-3H,1H3,(H2,11,12,13,15). The molecule has 1 heterocycles. The molecule has 0 amide bonds. The highest BCUT2D eigenvalue weighted by Crippen LogP contribution is 2.25. The third-order valence-corrected chi connectivity index (χ3v) is 2.83. The van der Waals surface area contributed by atoms with Crippen molar-refractivity contribution < 1.29 is 4.74 Å². The average molecular weight is 287 g/mol. The van der Waals surface area contributed by atoms with E-state index in [1.54, 1.807) is 19.2 Å². The van der Waals surface area contributed by atoms with Crippen molar-refractivity contribution in [2.24, 2.45) is 0 Å². The van der Waals surface area contributed by atoms with E-state index in [1.165, 1.54) is 0 Å². The molecule has 0 saturated carbocycles. The Labute approximate surface area is 98.4 Å². The lowest BCUT2D eigenvalue weighted by atomic mass is 10.2. The summed E-state index contributed by atoms with van der Waals surface area (Å²) < 4.78 is 6.06. The lowest BCUT2D eigenvalue weighted by Gasteiger charge is -2.04. The number of hydrogen-bond donors (Lipinski definition) is 2. The summed E-state index contributed by atoms with van der Waals surface area (Å²) in [6, 6.07) is 3.46. The first kappa shape index (κ1) is 10.4. The van der Waals surface area contributed by atoms with Gasteiger partial charge in [0.2, 0.25) is 0 Å². The van der Waals surface area contributed by atoms with E-state index in [2.05, 4.69) is 25.9 Å². The molecule has 0 unspecified atom stereocenters. The van der Waals surface area contributed by atoms with Crippen LogP contribution in [0.3, 0.4) is 0 Å². The third-order valence-electron chi connectivity index (χ3n) is 2.00. The normalized spacial score (nSPS) is 10.5. The minimum Gasteiger partial charge on any atom is -0.497 e. The van der Waals surface area contributed by atoms with Crippen LogP contribution in [0.1, 0.15) is 0 Å². The quantitative estimate of drug-likeness (QED) is 0.792. The number of fused-ring (bicyclic) bond motifs is 1. The molecule has 1 aromatic heterocycles. The molecule has 2 N–H and O–H groups in total. The molecule has 4 nitrogen and oxygen atoms in total.